The quantitative estimate of drug-likeness (QED) is 0.0619. The van der Waals surface area contributed by atoms with Gasteiger partial charge in [-0.25, -0.2) is 37.3 Å². The predicted molar refractivity (Wildman–Crippen MR) is 187 cm³/mol. The SMILES string of the molecule is CC1(C)[N+](=O)C(c2ccncc2)=[N+]([O-])C1(C)C.CC1(C)[N+](=O)C(c2ccncc2)=[N+]([O-])C1(C)C.NCCCN=C([O-])C([O-])=NCCCN.O.O.[Cu+2].[Cu+2].[O-][Cl+3]([O-])([O-])[O-].[O-][Cl+3]([O-])([O-])[O-]. The van der Waals surface area contributed by atoms with Gasteiger partial charge in [-0.05, 0) is 62.0 Å². The van der Waals surface area contributed by atoms with Gasteiger partial charge in [0.15, 0.2) is 0 Å². The van der Waals surface area contributed by atoms with Crippen LogP contribution < -0.4 is 59.0 Å². The van der Waals surface area contributed by atoms with Crippen LogP contribution in [0.2, 0.25) is 0 Å². The van der Waals surface area contributed by atoms with Crippen molar-refractivity contribution in [2.24, 2.45) is 21.5 Å². The smallest absolute Gasteiger partial charge is 0.858 e. The van der Waals surface area contributed by atoms with Gasteiger partial charge in [0.1, 0.15) is 20.6 Å². The van der Waals surface area contributed by atoms with Crippen molar-refractivity contribution in [2.45, 2.75) is 90.4 Å². The molecule has 0 bridgehead atoms. The Balaban J connectivity index is -0.000000230. The first kappa shape index (κ1) is 67.6. The summed E-state index contributed by atoms with van der Waals surface area (Å²) in [7, 11) is -9.89. The van der Waals surface area contributed by atoms with Gasteiger partial charge in [-0.15, -0.1) is 30.0 Å². The number of nitrogens with zero attached hydrogens (tertiary/aromatic N) is 8. The zero-order valence-electron chi connectivity index (χ0n) is 34.7. The summed E-state index contributed by atoms with van der Waals surface area (Å²) in [5.41, 5.74) is 8.51. The van der Waals surface area contributed by atoms with Gasteiger partial charge in [0, 0.05) is 103 Å². The number of rotatable bonds is 8. The number of aliphatic imine (C=N–C) groups is 2. The van der Waals surface area contributed by atoms with E-state index < -0.39 is 54.4 Å². The molecule has 0 saturated heterocycles. The van der Waals surface area contributed by atoms with Crippen molar-refractivity contribution in [1.29, 1.82) is 0 Å². The first-order chi connectivity index (χ1) is 26.3. The van der Waals surface area contributed by atoms with Crippen LogP contribution in [0.25, 0.3) is 0 Å². The van der Waals surface area contributed by atoms with Gasteiger partial charge >= 0.3 is 45.8 Å². The molecule has 0 spiro atoms. The third kappa shape index (κ3) is 20.4. The Morgan fingerprint density at radius 1 is 0.565 bits per heavy atom. The maximum Gasteiger partial charge on any atom is 2.00 e. The van der Waals surface area contributed by atoms with E-state index in [1.807, 2.05) is 0 Å². The van der Waals surface area contributed by atoms with Crippen LogP contribution in [0.4, 0.5) is 0 Å². The Morgan fingerprint density at radius 3 is 0.968 bits per heavy atom. The number of hydrogen-bond acceptors (Lipinski definition) is 20. The van der Waals surface area contributed by atoms with Crippen LogP contribution >= 0.6 is 0 Å². The van der Waals surface area contributed by atoms with E-state index in [2.05, 4.69) is 20.0 Å². The molecular weight excluding hydrogens is 978 g/mol. The minimum absolute atomic E-state index is 0. The Bertz CT molecular complexity index is 1660. The molecule has 4 heterocycles. The van der Waals surface area contributed by atoms with E-state index in [-0.39, 0.29) is 69.9 Å². The Hall–Kier alpha value is -3.48. The van der Waals surface area contributed by atoms with Crippen molar-refractivity contribution in [3.05, 3.63) is 80.4 Å². The summed E-state index contributed by atoms with van der Waals surface area (Å²) in [5.74, 6) is -1.28. The number of nitrogens with two attached hydrogens (primary N) is 2. The van der Waals surface area contributed by atoms with Crippen molar-refractivity contribution in [1.82, 2.24) is 9.97 Å². The molecule has 0 atom stereocenters. The zero-order chi connectivity index (χ0) is 45.5. The monoisotopic (exact) mass is 1030 g/mol. The standard InChI is InChI=1S/2C12H16N3O2.C8H18N4O2.2ClHO4.2Cu.2H2O/c2*1-11(2)12(3,4)15(17)10(14(11)16)9-5-7-13-8-6-9;9-3-1-5-11-7(13)8(14)12-6-2-4-10;2*2-1(3,4)5;;;;/h2*5-8H,1-4H3;1-6,9-10H2,(H,11,13)(H,12,14);2*(H,2,3,4,5);;;2*1H2/q2*+1;;;;2*+2;;/p-4. The summed E-state index contributed by atoms with van der Waals surface area (Å²) < 4.78 is 71.1. The van der Waals surface area contributed by atoms with Crippen molar-refractivity contribution in [2.75, 3.05) is 26.2 Å². The molecule has 0 aliphatic carbocycles. The minimum atomic E-state index is -4.94. The van der Waals surface area contributed by atoms with E-state index in [1.54, 1.807) is 104 Å². The zero-order valence-corrected chi connectivity index (χ0v) is 38.1. The van der Waals surface area contributed by atoms with Crippen LogP contribution in [0.1, 0.15) is 79.4 Å². The Kier molecular flexibility index (Phi) is 30.9. The average molecular weight is 1030 g/mol. The number of hydroxylamine groups is 2. The molecule has 2 aliphatic heterocycles. The van der Waals surface area contributed by atoms with Crippen molar-refractivity contribution < 1.29 is 132 Å². The maximum atomic E-state index is 12.3. The molecule has 2 aliphatic rings. The first-order valence-electron chi connectivity index (χ1n) is 16.8. The maximum absolute atomic E-state index is 12.3. The van der Waals surface area contributed by atoms with Gasteiger partial charge < -0.3 is 53.0 Å². The molecule has 0 saturated carbocycles. The molecule has 8 N–H and O–H groups in total. The number of nitroso groups, excluding NO2 is 2. The van der Waals surface area contributed by atoms with Crippen molar-refractivity contribution >= 4 is 23.5 Å². The second kappa shape index (κ2) is 28.3. The molecule has 62 heavy (non-hydrogen) atoms. The molecule has 4 rings (SSSR count). The minimum Gasteiger partial charge on any atom is -0.858 e. The van der Waals surface area contributed by atoms with Gasteiger partial charge in [0.05, 0.1) is 0 Å². The van der Waals surface area contributed by atoms with Gasteiger partial charge in [-0.3, -0.25) is 9.97 Å². The van der Waals surface area contributed by atoms with Crippen molar-refractivity contribution in [3.8, 4) is 0 Å². The third-order valence-electron chi connectivity index (χ3n) is 9.09. The topological polar surface area (TPSA) is 488 Å². The van der Waals surface area contributed by atoms with Gasteiger partial charge in [0.2, 0.25) is 11.1 Å². The summed E-state index contributed by atoms with van der Waals surface area (Å²) >= 11 is 0. The number of amidine groups is 2. The molecule has 26 nitrogen and oxygen atoms in total. The average Bonchev–Trinajstić information content (AvgIpc) is 3.31. The summed E-state index contributed by atoms with van der Waals surface area (Å²) in [4.78, 5) is 39.3. The normalized spacial score (nSPS) is 17.0. The molecule has 0 amide bonds. The first-order valence-corrected chi connectivity index (χ1v) is 19.3. The predicted octanol–water partition coefficient (Wildman–Crippen LogP) is -10.6. The van der Waals surface area contributed by atoms with E-state index in [1.165, 1.54) is 0 Å². The summed E-state index contributed by atoms with van der Waals surface area (Å²) in [6.07, 6.45) is 7.49. The number of pyridine rings is 2. The molecule has 2 aromatic rings. The van der Waals surface area contributed by atoms with Crippen LogP contribution in [-0.2, 0) is 34.1 Å². The molecule has 2 aromatic heterocycles. The molecule has 360 valence electrons. The number of aromatic nitrogens is 2. The van der Waals surface area contributed by atoms with Gasteiger partial charge in [0.25, 0.3) is 11.1 Å². The van der Waals surface area contributed by atoms with Crippen molar-refractivity contribution in [3.63, 3.8) is 0 Å². The summed E-state index contributed by atoms with van der Waals surface area (Å²) in [5, 5.41) is 46.4. The van der Waals surface area contributed by atoms with Crippen LogP contribution in [0.3, 0.4) is 0 Å². The second-order valence-corrected chi connectivity index (χ2v) is 15.5. The number of hydrogen-bond donors (Lipinski definition) is 2. The molecule has 0 fully saturated rings. The van der Waals surface area contributed by atoms with E-state index in [0.29, 0.717) is 37.1 Å². The molecule has 0 unspecified atom stereocenters. The second-order valence-electron chi connectivity index (χ2n) is 13.9. The fraction of sp³-hybridized carbons (Fsp3) is 0.562. The fourth-order valence-electron chi connectivity index (χ4n) is 4.37. The Labute approximate surface area is 382 Å². The van der Waals surface area contributed by atoms with Crippen LogP contribution in [0.15, 0.2) is 59.0 Å². The largest absolute Gasteiger partial charge is 2.00 e. The molecule has 2 radical (unpaired) electrons. The molecular formula is C32H52Cl2Cu2N10O16+2. The van der Waals surface area contributed by atoms with E-state index in [0.717, 1.165) is 19.0 Å². The van der Waals surface area contributed by atoms with E-state index in [9.17, 15) is 30.4 Å². The Morgan fingerprint density at radius 2 is 0.790 bits per heavy atom. The van der Waals surface area contributed by atoms with Crippen LogP contribution in [0, 0.1) is 40.7 Å². The molecule has 0 aromatic carbocycles. The summed E-state index contributed by atoms with van der Waals surface area (Å²) in [6, 6.07) is 6.68. The van der Waals surface area contributed by atoms with Gasteiger partial charge in [-0.2, -0.15) is 0 Å². The third-order valence-corrected chi connectivity index (χ3v) is 9.09. The van der Waals surface area contributed by atoms with Crippen LogP contribution in [0.5, 0.6) is 0 Å². The van der Waals surface area contributed by atoms with Gasteiger partial charge in [-0.1, -0.05) is 0 Å². The van der Waals surface area contributed by atoms with E-state index >= 15 is 0 Å². The fourth-order valence-corrected chi connectivity index (χ4v) is 4.37. The van der Waals surface area contributed by atoms with Crippen LogP contribution in [-0.4, -0.2) is 112 Å². The molecule has 30 heteroatoms. The number of halogens is 2. The van der Waals surface area contributed by atoms with E-state index in [4.69, 9.17) is 48.7 Å². The summed E-state index contributed by atoms with van der Waals surface area (Å²) in [6.45, 7) is 15.7.